The van der Waals surface area contributed by atoms with Crippen molar-refractivity contribution >= 4 is 0 Å². The summed E-state index contributed by atoms with van der Waals surface area (Å²) in [5.74, 6) is 7.65. The van der Waals surface area contributed by atoms with Gasteiger partial charge in [-0.3, -0.25) is 11.3 Å². The zero-order valence-electron chi connectivity index (χ0n) is 12.7. The van der Waals surface area contributed by atoms with Crippen LogP contribution in [0.3, 0.4) is 0 Å². The van der Waals surface area contributed by atoms with Crippen LogP contribution in [0.25, 0.3) is 0 Å². The standard InChI is InChI=1S/C15H24N2O3/c1-6-10(2)7-12(17-16)11-8-14(19-4)15(20-5)9-13(11)18-3/h8-9,12,17H,2,6-7,16H2,1,3-5H3. The summed E-state index contributed by atoms with van der Waals surface area (Å²) in [7, 11) is 4.81. The van der Waals surface area contributed by atoms with Gasteiger partial charge in [0.2, 0.25) is 0 Å². The van der Waals surface area contributed by atoms with Crippen LogP contribution in [0.5, 0.6) is 17.2 Å². The van der Waals surface area contributed by atoms with Crippen molar-refractivity contribution in [2.24, 2.45) is 5.84 Å². The number of rotatable bonds is 8. The topological polar surface area (TPSA) is 65.7 Å². The van der Waals surface area contributed by atoms with Crippen molar-refractivity contribution in [2.75, 3.05) is 21.3 Å². The zero-order valence-corrected chi connectivity index (χ0v) is 12.7. The van der Waals surface area contributed by atoms with E-state index in [4.69, 9.17) is 20.1 Å². The maximum atomic E-state index is 5.67. The third kappa shape index (κ3) is 3.65. The quantitative estimate of drug-likeness (QED) is 0.435. The highest BCUT2D eigenvalue weighted by Crippen LogP contribution is 2.38. The molecule has 0 aliphatic heterocycles. The van der Waals surface area contributed by atoms with Gasteiger partial charge in [-0.15, -0.1) is 0 Å². The smallest absolute Gasteiger partial charge is 0.164 e. The summed E-state index contributed by atoms with van der Waals surface area (Å²) in [4.78, 5) is 0. The number of nitrogens with two attached hydrogens (primary N) is 1. The van der Waals surface area contributed by atoms with Gasteiger partial charge in [0.15, 0.2) is 11.5 Å². The molecule has 0 fully saturated rings. The van der Waals surface area contributed by atoms with Crippen LogP contribution in [0.4, 0.5) is 0 Å². The normalized spacial score (nSPS) is 11.8. The molecule has 112 valence electrons. The fourth-order valence-electron chi connectivity index (χ4n) is 2.02. The van der Waals surface area contributed by atoms with Crippen LogP contribution in [-0.2, 0) is 0 Å². The fourth-order valence-corrected chi connectivity index (χ4v) is 2.02. The Hall–Kier alpha value is -1.72. The van der Waals surface area contributed by atoms with Gasteiger partial charge < -0.3 is 14.2 Å². The molecule has 0 spiro atoms. The van der Waals surface area contributed by atoms with Crippen molar-refractivity contribution in [1.29, 1.82) is 0 Å². The highest BCUT2D eigenvalue weighted by Gasteiger charge is 2.19. The molecule has 0 bridgehead atoms. The minimum absolute atomic E-state index is 0.0859. The Kier molecular flexibility index (Phi) is 6.35. The van der Waals surface area contributed by atoms with Crippen LogP contribution in [0, 0.1) is 0 Å². The maximum Gasteiger partial charge on any atom is 0.164 e. The van der Waals surface area contributed by atoms with E-state index in [9.17, 15) is 0 Å². The van der Waals surface area contributed by atoms with Crippen molar-refractivity contribution in [3.05, 3.63) is 29.8 Å². The van der Waals surface area contributed by atoms with Crippen molar-refractivity contribution in [3.63, 3.8) is 0 Å². The third-order valence-electron chi connectivity index (χ3n) is 3.31. The van der Waals surface area contributed by atoms with E-state index in [2.05, 4.69) is 18.9 Å². The molecule has 0 aromatic heterocycles. The van der Waals surface area contributed by atoms with Crippen molar-refractivity contribution in [3.8, 4) is 17.2 Å². The van der Waals surface area contributed by atoms with E-state index in [1.165, 1.54) is 0 Å². The molecule has 1 atom stereocenters. The highest BCUT2D eigenvalue weighted by molar-refractivity contribution is 5.52. The summed E-state index contributed by atoms with van der Waals surface area (Å²) < 4.78 is 16.0. The molecule has 1 unspecified atom stereocenters. The first-order chi connectivity index (χ1) is 9.60. The Bertz CT molecular complexity index is 461. The minimum Gasteiger partial charge on any atom is -0.496 e. The van der Waals surface area contributed by atoms with Gasteiger partial charge in [-0.05, 0) is 18.9 Å². The number of methoxy groups -OCH3 is 3. The van der Waals surface area contributed by atoms with Crippen LogP contribution < -0.4 is 25.5 Å². The van der Waals surface area contributed by atoms with Crippen LogP contribution in [0.2, 0.25) is 0 Å². The first kappa shape index (κ1) is 16.3. The summed E-state index contributed by atoms with van der Waals surface area (Å²) in [5, 5.41) is 0. The van der Waals surface area contributed by atoms with Crippen molar-refractivity contribution in [2.45, 2.75) is 25.8 Å². The molecule has 0 aliphatic carbocycles. The second kappa shape index (κ2) is 7.77. The summed E-state index contributed by atoms with van der Waals surface area (Å²) >= 11 is 0. The SMILES string of the molecule is C=C(CC)CC(NN)c1cc(OC)c(OC)cc1OC. The second-order valence-corrected chi connectivity index (χ2v) is 4.48. The Morgan fingerprint density at radius 3 is 2.15 bits per heavy atom. The first-order valence-electron chi connectivity index (χ1n) is 6.53. The van der Waals surface area contributed by atoms with Gasteiger partial charge in [-0.1, -0.05) is 19.1 Å². The maximum absolute atomic E-state index is 5.67. The largest absolute Gasteiger partial charge is 0.496 e. The van der Waals surface area contributed by atoms with E-state index in [1.807, 2.05) is 6.07 Å². The molecular weight excluding hydrogens is 256 g/mol. The average molecular weight is 280 g/mol. The summed E-state index contributed by atoms with van der Waals surface area (Å²) in [6.45, 7) is 6.10. The lowest BCUT2D eigenvalue weighted by molar-refractivity contribution is 0.345. The number of hydrogen-bond donors (Lipinski definition) is 2. The third-order valence-corrected chi connectivity index (χ3v) is 3.31. The lowest BCUT2D eigenvalue weighted by atomic mass is 9.97. The molecule has 5 nitrogen and oxygen atoms in total. The van der Waals surface area contributed by atoms with Gasteiger partial charge in [0, 0.05) is 11.6 Å². The van der Waals surface area contributed by atoms with Gasteiger partial charge in [0.1, 0.15) is 5.75 Å². The van der Waals surface area contributed by atoms with Crippen LogP contribution in [0.1, 0.15) is 31.4 Å². The molecule has 3 N–H and O–H groups in total. The predicted octanol–water partition coefficient (Wildman–Crippen LogP) is 2.57. The molecule has 0 heterocycles. The molecule has 0 amide bonds. The van der Waals surface area contributed by atoms with Gasteiger partial charge in [-0.25, -0.2) is 0 Å². The molecule has 5 heteroatoms. The van der Waals surface area contributed by atoms with Crippen LogP contribution in [0.15, 0.2) is 24.3 Å². The van der Waals surface area contributed by atoms with Crippen molar-refractivity contribution in [1.82, 2.24) is 5.43 Å². The van der Waals surface area contributed by atoms with E-state index in [1.54, 1.807) is 27.4 Å². The Labute approximate surface area is 120 Å². The lowest BCUT2D eigenvalue weighted by Crippen LogP contribution is -2.28. The van der Waals surface area contributed by atoms with Gasteiger partial charge in [0.05, 0.1) is 27.4 Å². The molecule has 20 heavy (non-hydrogen) atoms. The summed E-state index contributed by atoms with van der Waals surface area (Å²) in [6, 6.07) is 3.59. The van der Waals surface area contributed by atoms with Gasteiger partial charge >= 0.3 is 0 Å². The Morgan fingerprint density at radius 1 is 1.15 bits per heavy atom. The van der Waals surface area contributed by atoms with E-state index < -0.39 is 0 Å². The van der Waals surface area contributed by atoms with Crippen LogP contribution >= 0.6 is 0 Å². The van der Waals surface area contributed by atoms with E-state index in [0.29, 0.717) is 17.2 Å². The van der Waals surface area contributed by atoms with Crippen LogP contribution in [-0.4, -0.2) is 21.3 Å². The molecule has 0 saturated heterocycles. The highest BCUT2D eigenvalue weighted by atomic mass is 16.5. The molecular formula is C15H24N2O3. The Balaban J connectivity index is 3.22. The number of ether oxygens (including phenoxy) is 3. The van der Waals surface area contributed by atoms with Crippen molar-refractivity contribution < 1.29 is 14.2 Å². The van der Waals surface area contributed by atoms with E-state index >= 15 is 0 Å². The first-order valence-corrected chi connectivity index (χ1v) is 6.53. The minimum atomic E-state index is -0.0859. The molecule has 0 saturated carbocycles. The molecule has 1 aromatic carbocycles. The lowest BCUT2D eigenvalue weighted by Gasteiger charge is -2.21. The molecule has 0 aliphatic rings. The van der Waals surface area contributed by atoms with E-state index in [-0.39, 0.29) is 6.04 Å². The summed E-state index contributed by atoms with van der Waals surface area (Å²) in [6.07, 6.45) is 1.65. The second-order valence-electron chi connectivity index (χ2n) is 4.48. The number of nitrogens with one attached hydrogen (secondary N) is 1. The number of benzene rings is 1. The average Bonchev–Trinajstić information content (AvgIpc) is 2.50. The number of hydrogen-bond acceptors (Lipinski definition) is 5. The number of hydrazine groups is 1. The monoisotopic (exact) mass is 280 g/mol. The molecule has 0 radical (unpaired) electrons. The van der Waals surface area contributed by atoms with E-state index in [0.717, 1.165) is 24.0 Å². The molecule has 1 rings (SSSR count). The van der Waals surface area contributed by atoms with Gasteiger partial charge in [0.25, 0.3) is 0 Å². The predicted molar refractivity (Wildman–Crippen MR) is 80.2 cm³/mol. The Morgan fingerprint density at radius 2 is 1.70 bits per heavy atom. The molecule has 1 aromatic rings. The summed E-state index contributed by atoms with van der Waals surface area (Å²) in [5.41, 5.74) is 4.84. The fraction of sp³-hybridized carbons (Fsp3) is 0.467. The van der Waals surface area contributed by atoms with Gasteiger partial charge in [-0.2, -0.15) is 0 Å². The zero-order chi connectivity index (χ0) is 15.1.